The van der Waals surface area contributed by atoms with E-state index in [4.69, 9.17) is 19.6 Å². The Bertz CT molecular complexity index is 349. The molecule has 0 fully saturated rings. The molecule has 0 bridgehead atoms. The highest BCUT2D eigenvalue weighted by molar-refractivity contribution is 6.01. The summed E-state index contributed by atoms with van der Waals surface area (Å²) in [6.45, 7) is 1.69. The Balaban J connectivity index is 3.39. The van der Waals surface area contributed by atoms with Crippen molar-refractivity contribution in [2.24, 2.45) is 0 Å². The van der Waals surface area contributed by atoms with E-state index in [1.165, 1.54) is 0 Å². The summed E-state index contributed by atoms with van der Waals surface area (Å²) in [5, 5.41) is 7.65. The fraction of sp³-hybridized carbons (Fsp3) is 0.364. The van der Waals surface area contributed by atoms with Gasteiger partial charge in [-0.1, -0.05) is 0 Å². The Hall–Kier alpha value is -1.71. The van der Waals surface area contributed by atoms with Crippen LogP contribution in [0, 0.1) is 5.41 Å². The third kappa shape index (κ3) is 2.21. The molecule has 0 spiro atoms. The molecule has 0 saturated heterocycles. The van der Waals surface area contributed by atoms with E-state index >= 15 is 0 Å². The summed E-state index contributed by atoms with van der Waals surface area (Å²) in [5.74, 6) is 1.81. The second-order valence-electron chi connectivity index (χ2n) is 3.03. The van der Waals surface area contributed by atoms with Gasteiger partial charge in [0.15, 0.2) is 0 Å². The number of nitrogens with one attached hydrogen (secondary N) is 1. The van der Waals surface area contributed by atoms with Crippen LogP contribution in [0.2, 0.25) is 0 Å². The minimum atomic E-state index is 0.395. The largest absolute Gasteiger partial charge is 0.496 e. The van der Waals surface area contributed by atoms with E-state index in [0.29, 0.717) is 28.5 Å². The van der Waals surface area contributed by atoms with Crippen LogP contribution >= 0.6 is 0 Å². The minimum absolute atomic E-state index is 0.395. The molecule has 0 saturated carbocycles. The first-order chi connectivity index (χ1) is 7.13. The fourth-order valence-corrected chi connectivity index (χ4v) is 1.38. The van der Waals surface area contributed by atoms with Crippen molar-refractivity contribution in [1.29, 1.82) is 5.41 Å². The van der Waals surface area contributed by atoms with Crippen molar-refractivity contribution < 1.29 is 14.2 Å². The molecule has 0 aromatic heterocycles. The lowest BCUT2D eigenvalue weighted by molar-refractivity contribution is 0.374. The quantitative estimate of drug-likeness (QED) is 0.772. The van der Waals surface area contributed by atoms with Crippen LogP contribution in [0.3, 0.4) is 0 Å². The van der Waals surface area contributed by atoms with E-state index < -0.39 is 0 Å². The zero-order valence-corrected chi connectivity index (χ0v) is 9.38. The Labute approximate surface area is 89.3 Å². The molecule has 4 heteroatoms. The highest BCUT2D eigenvalue weighted by Gasteiger charge is 2.14. The molecule has 1 aromatic carbocycles. The van der Waals surface area contributed by atoms with Crippen molar-refractivity contribution in [1.82, 2.24) is 0 Å². The van der Waals surface area contributed by atoms with E-state index in [2.05, 4.69) is 0 Å². The summed E-state index contributed by atoms with van der Waals surface area (Å²) >= 11 is 0. The maximum absolute atomic E-state index is 7.65. The van der Waals surface area contributed by atoms with Crippen LogP contribution in [0.25, 0.3) is 0 Å². The number of benzene rings is 1. The Kier molecular flexibility index (Phi) is 3.55. The second-order valence-corrected chi connectivity index (χ2v) is 3.03. The zero-order chi connectivity index (χ0) is 11.4. The van der Waals surface area contributed by atoms with Gasteiger partial charge in [0.2, 0.25) is 0 Å². The topological polar surface area (TPSA) is 51.5 Å². The lowest BCUT2D eigenvalue weighted by Gasteiger charge is -2.13. The summed E-state index contributed by atoms with van der Waals surface area (Å²) < 4.78 is 15.5. The average Bonchev–Trinajstić information content (AvgIpc) is 2.26. The standard InChI is InChI=1S/C11H15NO3/c1-7(12)11-9(14-3)5-8(13-2)6-10(11)15-4/h5-6,12H,1-4H3. The summed E-state index contributed by atoms with van der Waals surface area (Å²) in [6, 6.07) is 3.46. The molecule has 0 amide bonds. The number of ether oxygens (including phenoxy) is 3. The monoisotopic (exact) mass is 209 g/mol. The van der Waals surface area contributed by atoms with Crippen molar-refractivity contribution in [2.75, 3.05) is 21.3 Å². The molecule has 0 aliphatic rings. The molecular formula is C11H15NO3. The van der Waals surface area contributed by atoms with E-state index in [1.807, 2.05) is 0 Å². The second kappa shape index (κ2) is 4.68. The zero-order valence-electron chi connectivity index (χ0n) is 9.38. The molecule has 4 nitrogen and oxygen atoms in total. The number of hydrogen-bond acceptors (Lipinski definition) is 4. The van der Waals surface area contributed by atoms with Crippen LogP contribution in [-0.2, 0) is 0 Å². The fourth-order valence-electron chi connectivity index (χ4n) is 1.38. The molecule has 82 valence electrons. The first-order valence-electron chi connectivity index (χ1n) is 4.49. The number of rotatable bonds is 4. The molecule has 0 atom stereocenters. The van der Waals surface area contributed by atoms with Crippen LogP contribution in [0.5, 0.6) is 17.2 Å². The smallest absolute Gasteiger partial charge is 0.135 e. The van der Waals surface area contributed by atoms with E-state index in [-0.39, 0.29) is 0 Å². The normalized spacial score (nSPS) is 9.60. The number of methoxy groups -OCH3 is 3. The average molecular weight is 209 g/mol. The molecule has 15 heavy (non-hydrogen) atoms. The van der Waals surface area contributed by atoms with Gasteiger partial charge in [-0.3, -0.25) is 0 Å². The molecule has 0 unspecified atom stereocenters. The molecule has 0 aliphatic carbocycles. The van der Waals surface area contributed by atoms with Crippen molar-refractivity contribution in [2.45, 2.75) is 6.92 Å². The van der Waals surface area contributed by atoms with Crippen LogP contribution < -0.4 is 14.2 Å². The predicted molar refractivity (Wildman–Crippen MR) is 58.6 cm³/mol. The molecule has 1 rings (SSSR count). The van der Waals surface area contributed by atoms with Crippen LogP contribution in [0.4, 0.5) is 0 Å². The van der Waals surface area contributed by atoms with Gasteiger partial charge in [0, 0.05) is 17.8 Å². The third-order valence-corrected chi connectivity index (χ3v) is 2.09. The van der Waals surface area contributed by atoms with Gasteiger partial charge in [0.05, 0.1) is 26.9 Å². The van der Waals surface area contributed by atoms with Gasteiger partial charge in [-0.2, -0.15) is 0 Å². The van der Waals surface area contributed by atoms with Crippen molar-refractivity contribution >= 4 is 5.71 Å². The van der Waals surface area contributed by atoms with Gasteiger partial charge >= 0.3 is 0 Å². The van der Waals surface area contributed by atoms with E-state index in [1.54, 1.807) is 40.4 Å². The molecule has 1 N–H and O–H groups in total. The van der Waals surface area contributed by atoms with Gasteiger partial charge < -0.3 is 19.6 Å². The summed E-state index contributed by atoms with van der Waals surface area (Å²) in [7, 11) is 4.69. The van der Waals surface area contributed by atoms with Crippen LogP contribution in [0.15, 0.2) is 12.1 Å². The van der Waals surface area contributed by atoms with Gasteiger partial charge in [-0.15, -0.1) is 0 Å². The summed E-state index contributed by atoms with van der Waals surface area (Å²) in [4.78, 5) is 0. The summed E-state index contributed by atoms with van der Waals surface area (Å²) in [6.07, 6.45) is 0. The highest BCUT2D eigenvalue weighted by atomic mass is 16.5. The van der Waals surface area contributed by atoms with Gasteiger partial charge in [0.1, 0.15) is 17.2 Å². The summed E-state index contributed by atoms with van der Waals surface area (Å²) in [5.41, 5.74) is 1.05. The van der Waals surface area contributed by atoms with Crippen molar-refractivity contribution in [3.8, 4) is 17.2 Å². The predicted octanol–water partition coefficient (Wildman–Crippen LogP) is 2.10. The first kappa shape index (κ1) is 11.4. The highest BCUT2D eigenvalue weighted by Crippen LogP contribution is 2.34. The van der Waals surface area contributed by atoms with Gasteiger partial charge in [-0.25, -0.2) is 0 Å². The third-order valence-electron chi connectivity index (χ3n) is 2.09. The maximum atomic E-state index is 7.65. The first-order valence-corrected chi connectivity index (χ1v) is 4.49. The minimum Gasteiger partial charge on any atom is -0.496 e. The molecule has 1 aromatic rings. The maximum Gasteiger partial charge on any atom is 0.135 e. The lowest BCUT2D eigenvalue weighted by Crippen LogP contribution is -2.02. The molecule has 0 heterocycles. The number of hydrogen-bond donors (Lipinski definition) is 1. The SMILES string of the molecule is COc1cc(OC)c(C(C)=N)c(OC)c1. The van der Waals surface area contributed by atoms with Gasteiger partial charge in [0.25, 0.3) is 0 Å². The Morgan fingerprint density at radius 1 is 1.00 bits per heavy atom. The Morgan fingerprint density at radius 3 is 1.73 bits per heavy atom. The molecular weight excluding hydrogens is 194 g/mol. The lowest BCUT2D eigenvalue weighted by atomic mass is 10.1. The molecule has 0 aliphatic heterocycles. The van der Waals surface area contributed by atoms with Crippen LogP contribution in [-0.4, -0.2) is 27.0 Å². The van der Waals surface area contributed by atoms with E-state index in [9.17, 15) is 0 Å². The molecule has 0 radical (unpaired) electrons. The van der Waals surface area contributed by atoms with Crippen molar-refractivity contribution in [3.05, 3.63) is 17.7 Å². The van der Waals surface area contributed by atoms with Gasteiger partial charge in [-0.05, 0) is 6.92 Å². The Morgan fingerprint density at radius 2 is 1.47 bits per heavy atom. The van der Waals surface area contributed by atoms with E-state index in [0.717, 1.165) is 0 Å². The van der Waals surface area contributed by atoms with Crippen LogP contribution in [0.1, 0.15) is 12.5 Å². The van der Waals surface area contributed by atoms with Crippen molar-refractivity contribution in [3.63, 3.8) is 0 Å².